The van der Waals surface area contributed by atoms with Crippen LogP contribution in [-0.4, -0.2) is 43.7 Å². The molecule has 3 rings (SSSR count). The summed E-state index contributed by atoms with van der Waals surface area (Å²) in [6, 6.07) is 10.3. The maximum atomic E-state index is 12.9. The number of carbonyl (C=O) groups excluding carboxylic acids is 1. The number of likely N-dealkylation sites (tertiary alicyclic amines) is 1. The number of esters is 1. The third-order valence-electron chi connectivity index (χ3n) is 5.93. The van der Waals surface area contributed by atoms with Crippen LogP contribution in [0.3, 0.4) is 0 Å². The molecule has 0 bridgehead atoms. The van der Waals surface area contributed by atoms with Gasteiger partial charge in [-0.1, -0.05) is 43.2 Å². The van der Waals surface area contributed by atoms with E-state index in [2.05, 4.69) is 19.2 Å². The topological polar surface area (TPSA) is 26.3 Å². The lowest BCUT2D eigenvalue weighted by atomic mass is 9.79. The highest BCUT2D eigenvalue weighted by molar-refractivity contribution is 5.83. The Hall–Kier alpha value is -0.620. The van der Waals surface area contributed by atoms with Crippen LogP contribution >= 0.6 is 0 Å². The van der Waals surface area contributed by atoms with E-state index in [1.807, 2.05) is 18.2 Å². The van der Waals surface area contributed by atoms with Crippen molar-refractivity contribution in [2.24, 2.45) is 0 Å². The van der Waals surface area contributed by atoms with Crippen LogP contribution in [0.1, 0.15) is 50.5 Å². The molecule has 0 aromatic heterocycles. The van der Waals surface area contributed by atoms with Crippen molar-refractivity contribution >= 4 is 5.97 Å². The van der Waals surface area contributed by atoms with Gasteiger partial charge >= 0.3 is 5.97 Å². The molecule has 2 fully saturated rings. The van der Waals surface area contributed by atoms with Gasteiger partial charge in [-0.2, -0.15) is 0 Å². The summed E-state index contributed by atoms with van der Waals surface area (Å²) in [5, 5.41) is 0. The van der Waals surface area contributed by atoms with E-state index in [1.165, 1.54) is 32.4 Å². The number of hydrogen-bond acceptors (Lipinski definition) is 2. The standard InChI is InChI=1S/C20H30NO2.HI/c1-21(14-8-3-9-15-21)16-17-23-19(22)20(12-6-7-13-20)18-10-4-2-5-11-18;/h2,4-5,10-11H,3,6-9,12-17H2,1H3;1H/q+1;/p-1. The van der Waals surface area contributed by atoms with Crippen molar-refractivity contribution in [2.45, 2.75) is 50.4 Å². The van der Waals surface area contributed by atoms with Crippen molar-refractivity contribution in [1.82, 2.24) is 0 Å². The lowest BCUT2D eigenvalue weighted by molar-refractivity contribution is -0.914. The Morgan fingerprint density at radius 3 is 2.29 bits per heavy atom. The summed E-state index contributed by atoms with van der Waals surface area (Å²) in [5.74, 6) is 0.00445. The molecule has 1 aliphatic heterocycles. The molecule has 0 spiro atoms. The largest absolute Gasteiger partial charge is 1.00 e. The minimum absolute atomic E-state index is 0. The van der Waals surface area contributed by atoms with Gasteiger partial charge in [-0.15, -0.1) is 0 Å². The van der Waals surface area contributed by atoms with Crippen LogP contribution in [0.2, 0.25) is 0 Å². The van der Waals surface area contributed by atoms with Crippen LogP contribution < -0.4 is 24.0 Å². The van der Waals surface area contributed by atoms with Crippen molar-refractivity contribution in [1.29, 1.82) is 0 Å². The first-order valence-corrected chi connectivity index (χ1v) is 9.21. The molecule has 3 nitrogen and oxygen atoms in total. The fourth-order valence-corrected chi connectivity index (χ4v) is 4.34. The van der Waals surface area contributed by atoms with Gasteiger partial charge < -0.3 is 33.2 Å². The summed E-state index contributed by atoms with van der Waals surface area (Å²) >= 11 is 0. The van der Waals surface area contributed by atoms with Gasteiger partial charge in [0, 0.05) is 0 Å². The van der Waals surface area contributed by atoms with Crippen molar-refractivity contribution in [3.8, 4) is 0 Å². The van der Waals surface area contributed by atoms with E-state index in [0.29, 0.717) is 6.61 Å². The number of nitrogens with zero attached hydrogens (tertiary/aromatic N) is 1. The highest BCUT2D eigenvalue weighted by Crippen LogP contribution is 2.42. The summed E-state index contributed by atoms with van der Waals surface area (Å²) in [6.45, 7) is 3.96. The van der Waals surface area contributed by atoms with E-state index in [1.54, 1.807) is 0 Å². The fraction of sp³-hybridized carbons (Fsp3) is 0.650. The molecule has 0 atom stereocenters. The number of rotatable bonds is 5. The highest BCUT2D eigenvalue weighted by atomic mass is 127. The minimum Gasteiger partial charge on any atom is -1.00 e. The third-order valence-corrected chi connectivity index (χ3v) is 5.93. The Bertz CT molecular complexity index is 520. The van der Waals surface area contributed by atoms with E-state index >= 15 is 0 Å². The lowest BCUT2D eigenvalue weighted by Crippen LogP contribution is -3.00. The molecule has 4 heteroatoms. The summed E-state index contributed by atoms with van der Waals surface area (Å²) in [7, 11) is 2.30. The monoisotopic (exact) mass is 443 g/mol. The Morgan fingerprint density at radius 2 is 1.67 bits per heavy atom. The molecule has 1 aromatic carbocycles. The average molecular weight is 443 g/mol. The molecular formula is C20H30INO2. The number of quaternary nitrogens is 1. The van der Waals surface area contributed by atoms with Gasteiger partial charge in [-0.05, 0) is 37.7 Å². The Kier molecular flexibility index (Phi) is 7.10. The zero-order chi connectivity index (χ0) is 16.2. The normalized spacial score (nSPS) is 21.7. The Balaban J connectivity index is 0.00000208. The molecule has 24 heavy (non-hydrogen) atoms. The summed E-state index contributed by atoms with van der Waals surface area (Å²) < 4.78 is 6.86. The van der Waals surface area contributed by atoms with Gasteiger partial charge in [0.25, 0.3) is 0 Å². The molecule has 0 amide bonds. The summed E-state index contributed by atoms with van der Waals surface area (Å²) in [6.07, 6.45) is 8.07. The second-order valence-electron chi connectivity index (χ2n) is 7.64. The Labute approximate surface area is 163 Å². The van der Waals surface area contributed by atoms with E-state index in [9.17, 15) is 4.79 Å². The molecule has 0 N–H and O–H groups in total. The van der Waals surface area contributed by atoms with Crippen LogP contribution in [0.5, 0.6) is 0 Å². The molecule has 1 saturated heterocycles. The third kappa shape index (κ3) is 4.31. The predicted octanol–water partition coefficient (Wildman–Crippen LogP) is 0.676. The maximum absolute atomic E-state index is 12.9. The van der Waals surface area contributed by atoms with Gasteiger partial charge in [0.1, 0.15) is 13.2 Å². The smallest absolute Gasteiger partial charge is 0.316 e. The first-order valence-electron chi connectivity index (χ1n) is 9.21. The number of piperidine rings is 1. The number of likely N-dealkylation sites (N-methyl/N-ethyl adjacent to an activating group) is 1. The molecule has 1 aliphatic carbocycles. The van der Waals surface area contributed by atoms with Crippen LogP contribution in [0.25, 0.3) is 0 Å². The predicted molar refractivity (Wildman–Crippen MR) is 92.2 cm³/mol. The maximum Gasteiger partial charge on any atom is 0.316 e. The fourth-order valence-electron chi connectivity index (χ4n) is 4.34. The van der Waals surface area contributed by atoms with E-state index in [4.69, 9.17) is 4.74 Å². The quantitative estimate of drug-likeness (QED) is 0.380. The van der Waals surface area contributed by atoms with Crippen molar-refractivity contribution in [2.75, 3.05) is 33.3 Å². The van der Waals surface area contributed by atoms with Crippen molar-refractivity contribution < 1.29 is 38.0 Å². The number of ether oxygens (including phenoxy) is 1. The SMILES string of the molecule is C[N+]1(CCOC(=O)C2(c3ccccc3)CCCC2)CCCCC1.[I-]. The number of carbonyl (C=O) groups is 1. The molecule has 0 radical (unpaired) electrons. The van der Waals surface area contributed by atoms with Crippen molar-refractivity contribution in [3.63, 3.8) is 0 Å². The lowest BCUT2D eigenvalue weighted by Gasteiger charge is -2.38. The Morgan fingerprint density at radius 1 is 1.04 bits per heavy atom. The molecule has 134 valence electrons. The van der Waals surface area contributed by atoms with Crippen LogP contribution in [0, 0.1) is 0 Å². The van der Waals surface area contributed by atoms with Gasteiger partial charge in [-0.3, -0.25) is 4.79 Å². The number of hydrogen-bond donors (Lipinski definition) is 0. The summed E-state index contributed by atoms with van der Waals surface area (Å²) in [5.41, 5.74) is 0.753. The first kappa shape index (κ1) is 19.7. The molecule has 1 heterocycles. The summed E-state index contributed by atoms with van der Waals surface area (Å²) in [4.78, 5) is 12.9. The zero-order valence-electron chi connectivity index (χ0n) is 14.8. The van der Waals surface area contributed by atoms with E-state index < -0.39 is 0 Å². The van der Waals surface area contributed by atoms with Crippen LogP contribution in [0.4, 0.5) is 0 Å². The number of halogens is 1. The van der Waals surface area contributed by atoms with Gasteiger partial charge in [0.2, 0.25) is 0 Å². The molecule has 2 aliphatic rings. The molecule has 1 saturated carbocycles. The number of benzene rings is 1. The van der Waals surface area contributed by atoms with Gasteiger partial charge in [-0.25, -0.2) is 0 Å². The van der Waals surface area contributed by atoms with Crippen LogP contribution in [0.15, 0.2) is 30.3 Å². The zero-order valence-corrected chi connectivity index (χ0v) is 17.0. The molecular weight excluding hydrogens is 413 g/mol. The minimum atomic E-state index is -0.387. The molecule has 0 unspecified atom stereocenters. The molecule has 1 aromatic rings. The van der Waals surface area contributed by atoms with Gasteiger partial charge in [0.05, 0.1) is 25.6 Å². The second kappa shape index (κ2) is 8.65. The van der Waals surface area contributed by atoms with E-state index in [0.717, 1.165) is 42.3 Å². The second-order valence-corrected chi connectivity index (χ2v) is 7.64. The highest BCUT2D eigenvalue weighted by Gasteiger charge is 2.44. The first-order chi connectivity index (χ1) is 11.1. The van der Waals surface area contributed by atoms with E-state index in [-0.39, 0.29) is 35.4 Å². The van der Waals surface area contributed by atoms with Crippen LogP contribution in [-0.2, 0) is 14.9 Å². The van der Waals surface area contributed by atoms with Gasteiger partial charge in [0.15, 0.2) is 0 Å². The van der Waals surface area contributed by atoms with Crippen molar-refractivity contribution in [3.05, 3.63) is 35.9 Å². The average Bonchev–Trinajstić information content (AvgIpc) is 3.07.